The summed E-state index contributed by atoms with van der Waals surface area (Å²) in [6.45, 7) is 8.34. The molecule has 0 saturated carbocycles. The second-order valence-corrected chi connectivity index (χ2v) is 6.94. The maximum atomic E-state index is 11.8. The first-order valence-electron chi connectivity index (χ1n) is 7.97. The molecule has 1 aromatic carbocycles. The van der Waals surface area contributed by atoms with Gasteiger partial charge in [0.2, 0.25) is 5.91 Å². The zero-order valence-corrected chi connectivity index (χ0v) is 15.1. The van der Waals surface area contributed by atoms with Crippen molar-refractivity contribution in [2.75, 3.05) is 42.3 Å². The number of hydrogen-bond donors (Lipinski definition) is 1. The largest absolute Gasteiger partial charge is 0.444 e. The Labute approximate surface area is 147 Å². The minimum Gasteiger partial charge on any atom is -0.444 e. The second-order valence-electron chi connectivity index (χ2n) is 6.68. The van der Waals surface area contributed by atoms with Crippen LogP contribution in [0, 0.1) is 0 Å². The number of benzene rings is 1. The summed E-state index contributed by atoms with van der Waals surface area (Å²) >= 11 is 5.59. The van der Waals surface area contributed by atoms with Gasteiger partial charge < -0.3 is 14.5 Å². The normalized spacial score (nSPS) is 15.2. The Morgan fingerprint density at radius 2 is 1.71 bits per heavy atom. The molecule has 0 spiro atoms. The lowest BCUT2D eigenvalue weighted by atomic mass is 10.2. The number of alkyl halides is 1. The zero-order valence-electron chi connectivity index (χ0n) is 14.3. The van der Waals surface area contributed by atoms with Crippen molar-refractivity contribution in [3.63, 3.8) is 0 Å². The van der Waals surface area contributed by atoms with Gasteiger partial charge in [-0.3, -0.25) is 10.1 Å². The highest BCUT2D eigenvalue weighted by Crippen LogP contribution is 2.20. The van der Waals surface area contributed by atoms with Crippen LogP contribution in [0.5, 0.6) is 0 Å². The van der Waals surface area contributed by atoms with Crippen LogP contribution in [-0.2, 0) is 9.53 Å². The Morgan fingerprint density at radius 1 is 1.12 bits per heavy atom. The maximum absolute atomic E-state index is 11.8. The van der Waals surface area contributed by atoms with Crippen LogP contribution in [0.2, 0.25) is 0 Å². The summed E-state index contributed by atoms with van der Waals surface area (Å²) in [5.41, 5.74) is 1.22. The Balaban J connectivity index is 1.89. The number of carbonyl (C=O) groups excluding carboxylic acids is 2. The quantitative estimate of drug-likeness (QED) is 0.849. The number of carbonyl (C=O) groups is 2. The molecule has 7 heteroatoms. The highest BCUT2D eigenvalue weighted by molar-refractivity contribution is 6.27. The van der Waals surface area contributed by atoms with Gasteiger partial charge in [-0.2, -0.15) is 0 Å². The average molecular weight is 354 g/mol. The maximum Gasteiger partial charge on any atom is 0.412 e. The molecule has 1 saturated heterocycles. The highest BCUT2D eigenvalue weighted by Gasteiger charge is 2.20. The van der Waals surface area contributed by atoms with Crippen LogP contribution in [0.1, 0.15) is 20.8 Å². The first-order chi connectivity index (χ1) is 11.3. The lowest BCUT2D eigenvalue weighted by Gasteiger charge is -2.36. The van der Waals surface area contributed by atoms with E-state index in [-0.39, 0.29) is 11.8 Å². The van der Waals surface area contributed by atoms with E-state index in [1.54, 1.807) is 4.90 Å². The topological polar surface area (TPSA) is 61.9 Å². The molecule has 0 aliphatic carbocycles. The molecule has 1 aromatic rings. The van der Waals surface area contributed by atoms with E-state index >= 15 is 0 Å². The molecule has 1 fully saturated rings. The van der Waals surface area contributed by atoms with Crippen LogP contribution in [0.4, 0.5) is 16.2 Å². The van der Waals surface area contributed by atoms with Gasteiger partial charge in [0, 0.05) is 37.6 Å². The van der Waals surface area contributed by atoms with Crippen LogP contribution in [0.25, 0.3) is 0 Å². The number of halogens is 1. The molecule has 132 valence electrons. The fraction of sp³-hybridized carbons (Fsp3) is 0.529. The van der Waals surface area contributed by atoms with E-state index in [0.29, 0.717) is 18.8 Å². The van der Waals surface area contributed by atoms with Crippen LogP contribution in [-0.4, -0.2) is 54.6 Å². The van der Waals surface area contributed by atoms with Crippen molar-refractivity contribution in [1.82, 2.24) is 4.90 Å². The standard InChI is InChI=1S/C17H24ClN3O3/c1-17(2,3)24-16(23)19-13-4-6-14(7-5-13)20-8-10-21(11-9-20)15(22)12-18/h4-7H,8-12H2,1-3H3,(H,19,23). The number of rotatable bonds is 3. The van der Waals surface area contributed by atoms with Crippen LogP contribution in [0.15, 0.2) is 24.3 Å². The van der Waals surface area contributed by atoms with E-state index in [4.69, 9.17) is 16.3 Å². The average Bonchev–Trinajstić information content (AvgIpc) is 2.53. The summed E-state index contributed by atoms with van der Waals surface area (Å²) in [6.07, 6.45) is -0.469. The summed E-state index contributed by atoms with van der Waals surface area (Å²) in [6, 6.07) is 7.59. The van der Waals surface area contributed by atoms with E-state index in [0.717, 1.165) is 18.8 Å². The van der Waals surface area contributed by atoms with Gasteiger partial charge in [0.05, 0.1) is 0 Å². The van der Waals surface area contributed by atoms with Gasteiger partial charge >= 0.3 is 6.09 Å². The fourth-order valence-corrected chi connectivity index (χ4v) is 2.64. The molecule has 0 radical (unpaired) electrons. The molecule has 0 atom stereocenters. The molecule has 0 bridgehead atoms. The molecule has 6 nitrogen and oxygen atoms in total. The van der Waals surface area contributed by atoms with E-state index in [1.165, 1.54) is 0 Å². The van der Waals surface area contributed by atoms with Gasteiger partial charge in [-0.25, -0.2) is 4.79 Å². The van der Waals surface area contributed by atoms with E-state index < -0.39 is 11.7 Å². The zero-order chi connectivity index (χ0) is 17.7. The third-order valence-electron chi connectivity index (χ3n) is 3.62. The van der Waals surface area contributed by atoms with Gasteiger partial charge in [-0.1, -0.05) is 0 Å². The Bertz CT molecular complexity index is 576. The number of ether oxygens (including phenoxy) is 1. The summed E-state index contributed by atoms with van der Waals surface area (Å²) in [5.74, 6) is 0.0126. The van der Waals surface area contributed by atoms with Crippen molar-refractivity contribution in [3.8, 4) is 0 Å². The van der Waals surface area contributed by atoms with Crippen molar-refractivity contribution in [1.29, 1.82) is 0 Å². The van der Waals surface area contributed by atoms with Gasteiger partial charge in [0.1, 0.15) is 11.5 Å². The van der Waals surface area contributed by atoms with E-state index in [9.17, 15) is 9.59 Å². The lowest BCUT2D eigenvalue weighted by molar-refractivity contribution is -0.128. The number of nitrogens with zero attached hydrogens (tertiary/aromatic N) is 2. The molecule has 1 N–H and O–H groups in total. The van der Waals surface area contributed by atoms with Gasteiger partial charge in [-0.05, 0) is 45.0 Å². The predicted molar refractivity (Wildman–Crippen MR) is 95.8 cm³/mol. The van der Waals surface area contributed by atoms with Crippen molar-refractivity contribution in [2.24, 2.45) is 0 Å². The van der Waals surface area contributed by atoms with Crippen LogP contribution < -0.4 is 10.2 Å². The first-order valence-corrected chi connectivity index (χ1v) is 8.51. The number of piperazine rings is 1. The molecule has 0 aromatic heterocycles. The van der Waals surface area contributed by atoms with E-state index in [2.05, 4.69) is 10.2 Å². The molecule has 2 rings (SSSR count). The lowest BCUT2D eigenvalue weighted by Crippen LogP contribution is -2.49. The number of anilines is 2. The molecule has 0 unspecified atom stereocenters. The summed E-state index contributed by atoms with van der Waals surface area (Å²) in [7, 11) is 0. The smallest absolute Gasteiger partial charge is 0.412 e. The van der Waals surface area contributed by atoms with Crippen molar-refractivity contribution >= 4 is 35.0 Å². The number of amides is 2. The molecule has 1 aliphatic rings. The number of hydrogen-bond acceptors (Lipinski definition) is 4. The predicted octanol–water partition coefficient (Wildman–Crippen LogP) is 2.92. The molecule has 2 amide bonds. The first kappa shape index (κ1) is 18.4. The van der Waals surface area contributed by atoms with Crippen LogP contribution in [0.3, 0.4) is 0 Å². The Morgan fingerprint density at radius 3 is 2.21 bits per heavy atom. The van der Waals surface area contributed by atoms with Gasteiger partial charge in [-0.15, -0.1) is 11.6 Å². The van der Waals surface area contributed by atoms with Crippen molar-refractivity contribution < 1.29 is 14.3 Å². The van der Waals surface area contributed by atoms with Gasteiger partial charge in [0.15, 0.2) is 0 Å². The third kappa shape index (κ3) is 5.30. The monoisotopic (exact) mass is 353 g/mol. The molecular weight excluding hydrogens is 330 g/mol. The summed E-state index contributed by atoms with van der Waals surface area (Å²) in [5, 5.41) is 2.71. The SMILES string of the molecule is CC(C)(C)OC(=O)Nc1ccc(N2CCN(C(=O)CCl)CC2)cc1. The number of nitrogens with one attached hydrogen (secondary N) is 1. The molecule has 1 heterocycles. The second kappa shape index (κ2) is 7.75. The summed E-state index contributed by atoms with van der Waals surface area (Å²) < 4.78 is 5.22. The fourth-order valence-electron chi connectivity index (χ4n) is 2.48. The van der Waals surface area contributed by atoms with E-state index in [1.807, 2.05) is 45.0 Å². The Kier molecular flexibility index (Phi) is 5.94. The summed E-state index contributed by atoms with van der Waals surface area (Å²) in [4.78, 5) is 27.3. The van der Waals surface area contributed by atoms with Crippen molar-refractivity contribution in [3.05, 3.63) is 24.3 Å². The molecule has 24 heavy (non-hydrogen) atoms. The Hall–Kier alpha value is -1.95. The van der Waals surface area contributed by atoms with Crippen LogP contribution >= 0.6 is 11.6 Å². The molecule has 1 aliphatic heterocycles. The minimum absolute atomic E-state index is 0.0202. The third-order valence-corrected chi connectivity index (χ3v) is 3.85. The molecular formula is C17H24ClN3O3. The van der Waals surface area contributed by atoms with Gasteiger partial charge in [0.25, 0.3) is 0 Å². The van der Waals surface area contributed by atoms with Crippen molar-refractivity contribution in [2.45, 2.75) is 26.4 Å². The highest BCUT2D eigenvalue weighted by atomic mass is 35.5. The minimum atomic E-state index is -0.524.